The summed E-state index contributed by atoms with van der Waals surface area (Å²) in [7, 11) is 0. The van der Waals surface area contributed by atoms with Gasteiger partial charge in [0.05, 0.1) is 12.5 Å². The largest absolute Gasteiger partial charge is 0.480 e. The predicted octanol–water partition coefficient (Wildman–Crippen LogP) is 3.07. The van der Waals surface area contributed by atoms with Gasteiger partial charge in [0.2, 0.25) is 17.6 Å². The second-order valence-electron chi connectivity index (χ2n) is 15.9. The van der Waals surface area contributed by atoms with E-state index >= 15 is 0 Å². The Morgan fingerprint density at radius 3 is 2.35 bits per heavy atom. The number of Topliss-reactive ketones (excluding diaryl/α,β-unsaturated/α-hetero) is 1. The molecule has 278 valence electrons. The Hall–Kier alpha value is -3.90. The van der Waals surface area contributed by atoms with Crippen molar-refractivity contribution in [1.29, 1.82) is 0 Å². The zero-order valence-corrected chi connectivity index (χ0v) is 30.0. The van der Waals surface area contributed by atoms with Gasteiger partial charge >= 0.3 is 11.9 Å². The van der Waals surface area contributed by atoms with Gasteiger partial charge < -0.3 is 30.7 Å². The summed E-state index contributed by atoms with van der Waals surface area (Å²) in [6, 6.07) is 6.57. The van der Waals surface area contributed by atoms with Crippen molar-refractivity contribution in [1.82, 2.24) is 10.6 Å². The van der Waals surface area contributed by atoms with E-state index in [1.165, 1.54) is 0 Å². The predicted molar refractivity (Wildman–Crippen MR) is 185 cm³/mol. The molecule has 12 nitrogen and oxygen atoms in total. The number of carbonyl (C=O) groups excluding carboxylic acids is 5. The van der Waals surface area contributed by atoms with Crippen LogP contribution in [0.4, 0.5) is 0 Å². The van der Waals surface area contributed by atoms with Crippen LogP contribution in [0.1, 0.15) is 91.0 Å². The third kappa shape index (κ3) is 7.53. The van der Waals surface area contributed by atoms with Gasteiger partial charge in [0.25, 0.3) is 0 Å². The van der Waals surface area contributed by atoms with Crippen LogP contribution in [0.25, 0.3) is 0 Å². The number of carbonyl (C=O) groups is 6. The van der Waals surface area contributed by atoms with Crippen molar-refractivity contribution < 1.29 is 48.8 Å². The molecule has 5 rings (SSSR count). The number of hydrogen-bond donors (Lipinski definition) is 5. The molecule has 1 aromatic rings. The van der Waals surface area contributed by atoms with Crippen LogP contribution in [0.5, 0.6) is 0 Å². The average molecular weight is 709 g/mol. The number of ether oxygens (including phenoxy) is 1. The fourth-order valence-electron chi connectivity index (χ4n) is 9.80. The summed E-state index contributed by atoms with van der Waals surface area (Å²) in [5, 5.41) is 38.3. The number of aliphatic hydroxyl groups excluding tert-OH is 1. The maximum absolute atomic E-state index is 13.6. The van der Waals surface area contributed by atoms with E-state index in [9.17, 15) is 44.1 Å². The molecule has 0 aliphatic heterocycles. The minimum Gasteiger partial charge on any atom is -0.480 e. The number of ketones is 2. The zero-order chi connectivity index (χ0) is 37.3. The second-order valence-corrected chi connectivity index (χ2v) is 15.9. The molecule has 0 bridgehead atoms. The Labute approximate surface area is 298 Å². The molecular formula is C39H52N2O10. The number of rotatable bonds is 13. The molecule has 4 aliphatic carbocycles. The molecule has 51 heavy (non-hydrogen) atoms. The number of allylic oxidation sites excluding steroid dienone is 1. The Kier molecular flexibility index (Phi) is 11.3. The van der Waals surface area contributed by atoms with Crippen molar-refractivity contribution in [2.75, 3.05) is 6.61 Å². The van der Waals surface area contributed by atoms with Crippen LogP contribution in [0, 0.1) is 34.5 Å². The van der Waals surface area contributed by atoms with E-state index in [2.05, 4.69) is 17.6 Å². The van der Waals surface area contributed by atoms with Crippen LogP contribution in [-0.2, 0) is 39.9 Å². The fraction of sp³-hybridized carbons (Fsp3) is 0.641. The Bertz CT molecular complexity index is 1570. The van der Waals surface area contributed by atoms with Crippen molar-refractivity contribution in [2.45, 2.75) is 116 Å². The van der Waals surface area contributed by atoms with Crippen molar-refractivity contribution in [3.05, 3.63) is 47.5 Å². The fourth-order valence-corrected chi connectivity index (χ4v) is 9.80. The first-order chi connectivity index (χ1) is 24.0. The number of esters is 1. The molecule has 1 aromatic carbocycles. The lowest BCUT2D eigenvalue weighted by Gasteiger charge is -2.60. The lowest BCUT2D eigenvalue weighted by atomic mass is 9.45. The first-order valence-corrected chi connectivity index (χ1v) is 18.2. The summed E-state index contributed by atoms with van der Waals surface area (Å²) in [5.74, 6) is -4.25. The SMILES string of the molecule is CC(C)[C@H](NC(=O)CCC(=O)OCC(=O)[C@@]1(O)CC[C@H]2[C@@H]3CCC4=CC(=O)CC[C@]4(C)[C@H]3[C@H](O)C[C@@]21C)C(=O)N[C@H](Cc1ccccc1)C(=O)O. The van der Waals surface area contributed by atoms with E-state index in [1.54, 1.807) is 50.3 Å². The number of fused-ring (bicyclic) bond motifs is 5. The summed E-state index contributed by atoms with van der Waals surface area (Å²) in [6.45, 7) is 6.71. The number of aliphatic carboxylic acids is 1. The van der Waals surface area contributed by atoms with Gasteiger partial charge in [-0.05, 0) is 79.3 Å². The van der Waals surface area contributed by atoms with E-state index in [0.29, 0.717) is 19.3 Å². The molecule has 0 heterocycles. The standard InChI is InChI=1S/C39H52N2O10/c1-22(2)34(35(47)40-28(36(48)49)18-23-8-6-5-7-9-23)41-31(45)12-13-32(46)51-21-30(44)39(50)17-15-27-26-11-10-24-19-25(42)14-16-37(24,3)33(26)29(43)20-38(27,39)4/h5-9,19,22,26-29,33-34,43,50H,10-18,20-21H2,1-4H3,(H,40,47)(H,41,45)(H,48,49)/t26-,27-,28+,29+,33+,34-,37-,38-,39-/m0/s1. The molecule has 3 saturated carbocycles. The topological polar surface area (TPSA) is 196 Å². The van der Waals surface area contributed by atoms with Crippen LogP contribution in [0.3, 0.4) is 0 Å². The first kappa shape index (κ1) is 38.3. The molecule has 0 spiro atoms. The summed E-state index contributed by atoms with van der Waals surface area (Å²) in [5.41, 5.74) is -1.20. The lowest BCUT2D eigenvalue weighted by molar-refractivity contribution is -0.184. The number of nitrogens with one attached hydrogen (secondary N) is 2. The highest BCUT2D eigenvalue weighted by atomic mass is 16.5. The van der Waals surface area contributed by atoms with Crippen molar-refractivity contribution in [3.63, 3.8) is 0 Å². The molecule has 12 heteroatoms. The first-order valence-electron chi connectivity index (χ1n) is 18.2. The van der Waals surface area contributed by atoms with Gasteiger partial charge in [0.15, 0.2) is 12.4 Å². The molecule has 3 fully saturated rings. The Morgan fingerprint density at radius 2 is 1.69 bits per heavy atom. The minimum absolute atomic E-state index is 0.0227. The van der Waals surface area contributed by atoms with Gasteiger partial charge in [-0.25, -0.2) is 4.79 Å². The van der Waals surface area contributed by atoms with E-state index < -0.39 is 71.3 Å². The highest BCUT2D eigenvalue weighted by molar-refractivity contribution is 5.93. The van der Waals surface area contributed by atoms with E-state index in [4.69, 9.17) is 4.74 Å². The quantitative estimate of drug-likeness (QED) is 0.190. The molecule has 0 aromatic heterocycles. The number of benzene rings is 1. The van der Waals surface area contributed by atoms with Gasteiger partial charge in [-0.3, -0.25) is 24.0 Å². The van der Waals surface area contributed by atoms with Gasteiger partial charge in [-0.2, -0.15) is 0 Å². The molecule has 0 radical (unpaired) electrons. The van der Waals surface area contributed by atoms with Gasteiger partial charge in [-0.15, -0.1) is 0 Å². The maximum Gasteiger partial charge on any atom is 0.326 e. The van der Waals surface area contributed by atoms with Crippen LogP contribution in [0.2, 0.25) is 0 Å². The van der Waals surface area contributed by atoms with Crippen molar-refractivity contribution in [3.8, 4) is 0 Å². The monoisotopic (exact) mass is 708 g/mol. The molecule has 0 unspecified atom stereocenters. The van der Waals surface area contributed by atoms with E-state index in [-0.39, 0.29) is 61.1 Å². The summed E-state index contributed by atoms with van der Waals surface area (Å²) in [6.07, 6.45) is 3.98. The Balaban J connectivity index is 1.13. The lowest BCUT2D eigenvalue weighted by Crippen LogP contribution is -2.62. The molecule has 4 aliphatic rings. The average Bonchev–Trinajstić information content (AvgIpc) is 3.35. The van der Waals surface area contributed by atoms with E-state index in [0.717, 1.165) is 24.0 Å². The third-order valence-electron chi connectivity index (χ3n) is 12.6. The van der Waals surface area contributed by atoms with Crippen molar-refractivity contribution in [2.24, 2.45) is 34.5 Å². The molecule has 2 amide bonds. The number of carboxylic acids is 1. The highest BCUT2D eigenvalue weighted by Gasteiger charge is 2.68. The van der Waals surface area contributed by atoms with E-state index in [1.807, 2.05) is 6.92 Å². The Morgan fingerprint density at radius 1 is 0.980 bits per heavy atom. The number of hydrogen-bond acceptors (Lipinski definition) is 9. The number of amides is 2. The minimum atomic E-state index is -1.80. The smallest absolute Gasteiger partial charge is 0.326 e. The van der Waals surface area contributed by atoms with Gasteiger partial charge in [0, 0.05) is 24.7 Å². The van der Waals surface area contributed by atoms with Crippen LogP contribution < -0.4 is 10.6 Å². The second kappa shape index (κ2) is 15.0. The van der Waals surface area contributed by atoms with Gasteiger partial charge in [0.1, 0.15) is 17.7 Å². The van der Waals surface area contributed by atoms with Crippen LogP contribution in [0.15, 0.2) is 42.0 Å². The highest BCUT2D eigenvalue weighted by Crippen LogP contribution is 2.67. The summed E-state index contributed by atoms with van der Waals surface area (Å²) >= 11 is 0. The van der Waals surface area contributed by atoms with Crippen LogP contribution in [-0.4, -0.2) is 81.0 Å². The number of carboxylic acid groups (broad SMARTS) is 1. The molecule has 5 N–H and O–H groups in total. The van der Waals surface area contributed by atoms with Crippen LogP contribution >= 0.6 is 0 Å². The van der Waals surface area contributed by atoms with Gasteiger partial charge in [-0.1, -0.05) is 63.6 Å². The summed E-state index contributed by atoms with van der Waals surface area (Å²) < 4.78 is 5.25. The number of aliphatic hydroxyl groups is 2. The zero-order valence-electron chi connectivity index (χ0n) is 30.0. The molecule has 0 saturated heterocycles. The van der Waals surface area contributed by atoms with Crippen molar-refractivity contribution >= 4 is 35.3 Å². The third-order valence-corrected chi connectivity index (χ3v) is 12.6. The normalized spacial score (nSPS) is 32.4. The molecular weight excluding hydrogens is 656 g/mol. The molecule has 9 atom stereocenters. The summed E-state index contributed by atoms with van der Waals surface area (Å²) in [4.78, 5) is 76.1. The maximum atomic E-state index is 13.6.